The minimum Gasteiger partial charge on any atom is -0.493 e. The Hall–Kier alpha value is -2.83. The topological polar surface area (TPSA) is 81.9 Å². The summed E-state index contributed by atoms with van der Waals surface area (Å²) in [5, 5.41) is 3.91. The lowest BCUT2D eigenvalue weighted by Crippen LogP contribution is -2.43. The summed E-state index contributed by atoms with van der Waals surface area (Å²) in [6.07, 6.45) is 1.82. The average Bonchev–Trinajstić information content (AvgIpc) is 3.04. The van der Waals surface area contributed by atoms with Crippen molar-refractivity contribution in [2.75, 3.05) is 27.3 Å². The number of hydrogen-bond acceptors (Lipinski definition) is 6. The highest BCUT2D eigenvalue weighted by atomic mass is 16.5. The van der Waals surface area contributed by atoms with Crippen molar-refractivity contribution in [1.82, 2.24) is 10.1 Å². The van der Waals surface area contributed by atoms with Gasteiger partial charge in [-0.05, 0) is 44.9 Å². The number of rotatable bonds is 6. The number of carbonyl (C=O) groups is 2. The van der Waals surface area contributed by atoms with E-state index in [-0.39, 0.29) is 24.0 Å². The third-order valence-corrected chi connectivity index (χ3v) is 5.32. The predicted octanol–water partition coefficient (Wildman–Crippen LogP) is 2.97. The third-order valence-electron chi connectivity index (χ3n) is 5.32. The minimum atomic E-state index is -0.222. The van der Waals surface area contributed by atoms with Crippen LogP contribution in [-0.2, 0) is 11.2 Å². The van der Waals surface area contributed by atoms with Crippen LogP contribution in [0, 0.1) is 19.8 Å². The van der Waals surface area contributed by atoms with Gasteiger partial charge in [-0.25, -0.2) is 0 Å². The fourth-order valence-corrected chi connectivity index (χ4v) is 3.66. The smallest absolute Gasteiger partial charge is 0.227 e. The largest absolute Gasteiger partial charge is 0.493 e. The number of hydrogen-bond donors (Lipinski definition) is 0. The van der Waals surface area contributed by atoms with Crippen molar-refractivity contribution in [1.29, 1.82) is 0 Å². The van der Waals surface area contributed by atoms with Crippen LogP contribution < -0.4 is 9.47 Å². The maximum Gasteiger partial charge on any atom is 0.227 e. The number of aromatic nitrogens is 1. The van der Waals surface area contributed by atoms with Crippen LogP contribution in [0.5, 0.6) is 11.5 Å². The van der Waals surface area contributed by atoms with Gasteiger partial charge >= 0.3 is 0 Å². The van der Waals surface area contributed by atoms with Crippen molar-refractivity contribution in [3.8, 4) is 11.5 Å². The number of benzene rings is 1. The van der Waals surface area contributed by atoms with Gasteiger partial charge in [-0.15, -0.1) is 0 Å². The Morgan fingerprint density at radius 1 is 1.21 bits per heavy atom. The summed E-state index contributed by atoms with van der Waals surface area (Å²) >= 11 is 0. The zero-order valence-electron chi connectivity index (χ0n) is 16.8. The van der Waals surface area contributed by atoms with Gasteiger partial charge in [0.1, 0.15) is 5.76 Å². The number of piperidine rings is 1. The summed E-state index contributed by atoms with van der Waals surface area (Å²) < 4.78 is 15.7. The van der Waals surface area contributed by atoms with Gasteiger partial charge in [0, 0.05) is 30.1 Å². The zero-order valence-corrected chi connectivity index (χ0v) is 16.8. The van der Waals surface area contributed by atoms with Crippen molar-refractivity contribution in [3.05, 3.63) is 40.8 Å². The van der Waals surface area contributed by atoms with Crippen molar-refractivity contribution >= 4 is 11.7 Å². The van der Waals surface area contributed by atoms with E-state index < -0.39 is 0 Å². The van der Waals surface area contributed by atoms with Crippen molar-refractivity contribution < 1.29 is 23.6 Å². The van der Waals surface area contributed by atoms with Crippen LogP contribution in [-0.4, -0.2) is 49.1 Å². The highest BCUT2D eigenvalue weighted by molar-refractivity contribution is 5.99. The van der Waals surface area contributed by atoms with Gasteiger partial charge in [0.2, 0.25) is 5.91 Å². The van der Waals surface area contributed by atoms with Crippen LogP contribution in [0.25, 0.3) is 0 Å². The van der Waals surface area contributed by atoms with Gasteiger partial charge < -0.3 is 18.9 Å². The molecule has 0 unspecified atom stereocenters. The standard InChI is InChI=1S/C21H26N2O5/c1-13-17(14(2)28-22-13)11-20(24)23-9-5-6-16(12-23)21(25)15-7-8-18(26-3)19(10-15)27-4/h7-8,10,16H,5-6,9,11-12H2,1-4H3/t16-/m1/s1. The highest BCUT2D eigenvalue weighted by Gasteiger charge is 2.30. The van der Waals surface area contributed by atoms with Crippen molar-refractivity contribution in [3.63, 3.8) is 0 Å². The number of ether oxygens (including phenoxy) is 2. The first-order chi connectivity index (χ1) is 13.4. The van der Waals surface area contributed by atoms with Crippen LogP contribution in [0.2, 0.25) is 0 Å². The molecule has 0 spiro atoms. The first-order valence-electron chi connectivity index (χ1n) is 9.40. The molecule has 0 aliphatic carbocycles. The molecule has 1 aliphatic rings. The lowest BCUT2D eigenvalue weighted by Gasteiger charge is -2.32. The second-order valence-electron chi connectivity index (χ2n) is 7.09. The number of Topliss-reactive ketones (excluding diaryl/α,β-unsaturated/α-hetero) is 1. The van der Waals surface area contributed by atoms with Gasteiger partial charge in [0.25, 0.3) is 0 Å². The number of ketones is 1. The van der Waals surface area contributed by atoms with Crippen molar-refractivity contribution in [2.45, 2.75) is 33.1 Å². The number of methoxy groups -OCH3 is 2. The van der Waals surface area contributed by atoms with Crippen LogP contribution >= 0.6 is 0 Å². The quantitative estimate of drug-likeness (QED) is 0.710. The Morgan fingerprint density at radius 2 is 1.96 bits per heavy atom. The fraction of sp³-hybridized carbons (Fsp3) is 0.476. The molecule has 1 saturated heterocycles. The molecule has 1 aliphatic heterocycles. The van der Waals surface area contributed by atoms with Crippen LogP contribution in [0.15, 0.2) is 22.7 Å². The molecular weight excluding hydrogens is 360 g/mol. The Kier molecular flexibility index (Phi) is 6.02. The first-order valence-corrected chi connectivity index (χ1v) is 9.40. The normalized spacial score (nSPS) is 16.7. The van der Waals surface area contributed by atoms with Gasteiger partial charge in [-0.3, -0.25) is 9.59 Å². The number of carbonyl (C=O) groups excluding carboxylic acids is 2. The van der Waals surface area contributed by atoms with Gasteiger partial charge in [-0.2, -0.15) is 0 Å². The van der Waals surface area contributed by atoms with E-state index >= 15 is 0 Å². The molecular formula is C21H26N2O5. The van der Waals surface area contributed by atoms with E-state index in [1.807, 2.05) is 13.8 Å². The molecule has 0 saturated carbocycles. The Bertz CT molecular complexity index is 854. The molecule has 3 rings (SSSR count). The lowest BCUT2D eigenvalue weighted by molar-refractivity contribution is -0.131. The van der Waals surface area contributed by atoms with Gasteiger partial charge in [-0.1, -0.05) is 5.16 Å². The van der Waals surface area contributed by atoms with Gasteiger partial charge in [0.05, 0.1) is 26.3 Å². The molecule has 1 fully saturated rings. The van der Waals surface area contributed by atoms with Crippen molar-refractivity contribution in [2.24, 2.45) is 5.92 Å². The molecule has 28 heavy (non-hydrogen) atoms. The fourth-order valence-electron chi connectivity index (χ4n) is 3.66. The molecule has 1 aromatic carbocycles. The molecule has 150 valence electrons. The molecule has 0 radical (unpaired) electrons. The summed E-state index contributed by atoms with van der Waals surface area (Å²) in [6, 6.07) is 5.18. The molecule has 1 aromatic heterocycles. The predicted molar refractivity (Wildman–Crippen MR) is 103 cm³/mol. The second-order valence-corrected chi connectivity index (χ2v) is 7.09. The van der Waals surface area contributed by atoms with Gasteiger partial charge in [0.15, 0.2) is 17.3 Å². The summed E-state index contributed by atoms with van der Waals surface area (Å²) in [7, 11) is 3.10. The first kappa shape index (κ1) is 19.9. The molecule has 7 heteroatoms. The maximum absolute atomic E-state index is 13.0. The van der Waals surface area contributed by atoms with Crippen LogP contribution in [0.4, 0.5) is 0 Å². The van der Waals surface area contributed by atoms with E-state index in [4.69, 9.17) is 14.0 Å². The summed E-state index contributed by atoms with van der Waals surface area (Å²) in [5.41, 5.74) is 2.14. The summed E-state index contributed by atoms with van der Waals surface area (Å²) in [5.74, 6) is 1.57. The number of nitrogens with zero attached hydrogens (tertiary/aromatic N) is 2. The summed E-state index contributed by atoms with van der Waals surface area (Å²) in [4.78, 5) is 27.5. The number of aryl methyl sites for hydroxylation is 2. The molecule has 2 aromatic rings. The van der Waals surface area contributed by atoms with E-state index in [1.165, 1.54) is 0 Å². The van der Waals surface area contributed by atoms with E-state index in [0.717, 1.165) is 24.1 Å². The zero-order chi connectivity index (χ0) is 20.3. The third kappa shape index (κ3) is 4.03. The van der Waals surface area contributed by atoms with E-state index in [9.17, 15) is 9.59 Å². The minimum absolute atomic E-state index is 0.000730. The molecule has 1 atom stereocenters. The second kappa shape index (κ2) is 8.46. The van der Waals surface area contributed by atoms with E-state index in [0.29, 0.717) is 35.9 Å². The lowest BCUT2D eigenvalue weighted by atomic mass is 9.89. The SMILES string of the molecule is COc1ccc(C(=O)[C@@H]2CCCN(C(=O)Cc3c(C)noc3C)C2)cc1OC. The van der Waals surface area contributed by atoms with E-state index in [2.05, 4.69) is 5.16 Å². The Morgan fingerprint density at radius 3 is 2.61 bits per heavy atom. The molecule has 0 N–H and O–H groups in total. The highest BCUT2D eigenvalue weighted by Crippen LogP contribution is 2.30. The average molecular weight is 386 g/mol. The number of amides is 1. The Balaban J connectivity index is 1.70. The molecule has 1 amide bonds. The van der Waals surface area contributed by atoms with E-state index in [1.54, 1.807) is 37.3 Å². The molecule has 0 bridgehead atoms. The maximum atomic E-state index is 13.0. The number of likely N-dealkylation sites (tertiary alicyclic amines) is 1. The summed E-state index contributed by atoms with van der Waals surface area (Å²) in [6.45, 7) is 4.73. The molecule has 2 heterocycles. The van der Waals surface area contributed by atoms with Crippen LogP contribution in [0.1, 0.15) is 40.2 Å². The monoisotopic (exact) mass is 386 g/mol. The molecule has 7 nitrogen and oxygen atoms in total. The Labute approximate surface area is 164 Å². The van der Waals surface area contributed by atoms with Crippen LogP contribution in [0.3, 0.4) is 0 Å².